The van der Waals surface area contributed by atoms with E-state index in [0.717, 1.165) is 18.7 Å². The molecule has 0 aliphatic carbocycles. The fraction of sp³-hybridized carbons (Fsp3) is 0.333. The number of rotatable bonds is 9. The van der Waals surface area contributed by atoms with E-state index in [2.05, 4.69) is 69.9 Å². The average Bonchev–Trinajstić information content (AvgIpc) is 3.36. The molecule has 2 N–H and O–H groups in total. The summed E-state index contributed by atoms with van der Waals surface area (Å²) in [4.78, 5) is 11.3. The first-order chi connectivity index (χ1) is 15.1. The van der Waals surface area contributed by atoms with Crippen molar-refractivity contribution in [3.05, 3.63) is 66.1 Å². The Bertz CT molecular complexity index is 1130. The molecule has 0 saturated heterocycles. The number of esters is 1. The number of benzene rings is 2. The number of nitrogens with two attached hydrogens (primary N) is 1. The Labute approximate surface area is 180 Å². The fourth-order valence-electron chi connectivity index (χ4n) is 3.96. The summed E-state index contributed by atoms with van der Waals surface area (Å²) in [5, 5.41) is 6.72. The molecule has 4 aromatic rings. The van der Waals surface area contributed by atoms with Gasteiger partial charge in [0.25, 0.3) is 0 Å². The van der Waals surface area contributed by atoms with Crippen LogP contribution in [-0.4, -0.2) is 35.5 Å². The molecule has 2 aromatic heterocycles. The number of ether oxygens (including phenoxy) is 2. The van der Waals surface area contributed by atoms with Crippen LogP contribution in [0.2, 0.25) is 0 Å². The quantitative estimate of drug-likeness (QED) is 0.415. The number of para-hydroxylation sites is 2. The van der Waals surface area contributed by atoms with Crippen molar-refractivity contribution in [1.82, 2.24) is 9.72 Å². The van der Waals surface area contributed by atoms with E-state index in [1.165, 1.54) is 28.9 Å². The van der Waals surface area contributed by atoms with Crippen LogP contribution >= 0.6 is 0 Å². The molecule has 7 heteroatoms. The van der Waals surface area contributed by atoms with Gasteiger partial charge in [0, 0.05) is 34.4 Å². The number of carbonyl (C=O) groups is 1. The zero-order chi connectivity index (χ0) is 21.8. The highest BCUT2D eigenvalue weighted by molar-refractivity contribution is 6.07. The minimum atomic E-state index is -0.807. The van der Waals surface area contributed by atoms with Crippen molar-refractivity contribution in [2.45, 2.75) is 32.5 Å². The molecular weight excluding hydrogens is 394 g/mol. The lowest BCUT2D eigenvalue weighted by Gasteiger charge is -2.13. The highest BCUT2D eigenvalue weighted by Crippen LogP contribution is 2.29. The molecule has 1 unspecified atom stereocenters. The van der Waals surface area contributed by atoms with E-state index in [1.54, 1.807) is 0 Å². The predicted molar refractivity (Wildman–Crippen MR) is 118 cm³/mol. The van der Waals surface area contributed by atoms with Crippen LogP contribution in [0.25, 0.3) is 21.8 Å². The Balaban J connectivity index is 1.40. The Kier molecular flexibility index (Phi) is 6.34. The minimum Gasteiger partial charge on any atom is -0.468 e. The van der Waals surface area contributed by atoms with Crippen LogP contribution in [0.4, 0.5) is 0 Å². The lowest BCUT2D eigenvalue weighted by Crippen LogP contribution is -2.36. The van der Waals surface area contributed by atoms with Crippen molar-refractivity contribution in [2.24, 2.45) is 11.7 Å². The first-order valence-corrected chi connectivity index (χ1v) is 10.4. The van der Waals surface area contributed by atoms with Gasteiger partial charge >= 0.3 is 5.97 Å². The number of hydrogen-bond acceptors (Lipinski definition) is 6. The molecule has 4 rings (SSSR count). The number of fused-ring (bicyclic) bond motifs is 3. The molecule has 2 heterocycles. The van der Waals surface area contributed by atoms with Crippen LogP contribution in [0.3, 0.4) is 0 Å². The second-order valence-corrected chi connectivity index (χ2v) is 7.88. The molecule has 0 radical (unpaired) electrons. The van der Waals surface area contributed by atoms with Crippen molar-refractivity contribution in [2.75, 3.05) is 13.7 Å². The lowest BCUT2D eigenvalue weighted by molar-refractivity contribution is -0.143. The Hall–Kier alpha value is -3.16. The van der Waals surface area contributed by atoms with Crippen molar-refractivity contribution < 1.29 is 18.8 Å². The van der Waals surface area contributed by atoms with Gasteiger partial charge in [-0.3, -0.25) is 4.79 Å². The summed E-state index contributed by atoms with van der Waals surface area (Å²) in [6, 6.07) is 18.1. The van der Waals surface area contributed by atoms with Crippen molar-refractivity contribution >= 4 is 27.8 Å². The Morgan fingerprint density at radius 3 is 2.42 bits per heavy atom. The van der Waals surface area contributed by atoms with Gasteiger partial charge in [-0.2, -0.15) is 0 Å². The molecule has 2 atom stereocenters. The van der Waals surface area contributed by atoms with Gasteiger partial charge in [0.15, 0.2) is 5.76 Å². The molecule has 0 fully saturated rings. The number of aromatic nitrogens is 2. The van der Waals surface area contributed by atoms with E-state index in [1.807, 2.05) is 6.07 Å². The maximum atomic E-state index is 11.3. The maximum absolute atomic E-state index is 11.3. The Morgan fingerprint density at radius 1 is 1.13 bits per heavy atom. The molecule has 7 nitrogen and oxygen atoms in total. The van der Waals surface area contributed by atoms with E-state index in [9.17, 15) is 4.79 Å². The normalized spacial score (nSPS) is 13.5. The molecular formula is C24H27N3O4. The largest absolute Gasteiger partial charge is 0.468 e. The molecule has 2 aromatic carbocycles. The fourth-order valence-corrected chi connectivity index (χ4v) is 3.96. The molecule has 31 heavy (non-hydrogen) atoms. The predicted octanol–water partition coefficient (Wildman–Crippen LogP) is 3.68. The van der Waals surface area contributed by atoms with Crippen molar-refractivity contribution in [1.29, 1.82) is 0 Å². The van der Waals surface area contributed by atoms with Gasteiger partial charge in [-0.15, -0.1) is 0 Å². The second kappa shape index (κ2) is 9.32. The molecule has 0 aliphatic heterocycles. The highest BCUT2D eigenvalue weighted by Gasteiger charge is 2.16. The third-order valence-corrected chi connectivity index (χ3v) is 5.39. The van der Waals surface area contributed by atoms with Crippen molar-refractivity contribution in [3.8, 4) is 0 Å². The average molecular weight is 421 g/mol. The van der Waals surface area contributed by atoms with Crippen LogP contribution in [-0.2, 0) is 33.8 Å². The second-order valence-electron chi connectivity index (χ2n) is 7.88. The minimum absolute atomic E-state index is 0.0624. The van der Waals surface area contributed by atoms with Gasteiger partial charge < -0.3 is 24.3 Å². The highest BCUT2D eigenvalue weighted by atomic mass is 16.5. The van der Waals surface area contributed by atoms with Crippen LogP contribution in [0, 0.1) is 5.92 Å². The molecule has 0 saturated carbocycles. The molecule has 0 amide bonds. The smallest absolute Gasteiger partial charge is 0.325 e. The topological polar surface area (TPSA) is 92.5 Å². The molecule has 0 spiro atoms. The van der Waals surface area contributed by atoms with E-state index in [-0.39, 0.29) is 13.2 Å². The zero-order valence-corrected chi connectivity index (χ0v) is 17.8. The lowest BCUT2D eigenvalue weighted by atomic mass is 10.1. The van der Waals surface area contributed by atoms with Gasteiger partial charge in [-0.05, 0) is 24.5 Å². The van der Waals surface area contributed by atoms with Crippen LogP contribution in [0.15, 0.2) is 59.1 Å². The third kappa shape index (κ3) is 4.62. The van der Waals surface area contributed by atoms with Gasteiger partial charge in [0.1, 0.15) is 12.6 Å². The number of methoxy groups -OCH3 is 1. The maximum Gasteiger partial charge on any atom is 0.325 e. The first kappa shape index (κ1) is 21.1. The summed E-state index contributed by atoms with van der Waals surface area (Å²) in [5.41, 5.74) is 9.02. The standard InChI is InChI=1S/C24H27N3O4/c1-16(11-17-12-18(31-26-17)14-30-15-21(25)24(28)29-2)13-27-22-9-5-3-7-19(22)20-8-4-6-10-23(20)27/h3-10,12,16,21H,11,13-15,25H2,1-2H3/t16?,21-/m0/s1. The molecule has 162 valence electrons. The zero-order valence-electron chi connectivity index (χ0n) is 17.8. The van der Waals surface area contributed by atoms with Gasteiger partial charge in [0.05, 0.1) is 19.4 Å². The summed E-state index contributed by atoms with van der Waals surface area (Å²) in [6.07, 6.45) is 0.784. The van der Waals surface area contributed by atoms with E-state index < -0.39 is 12.0 Å². The summed E-state index contributed by atoms with van der Waals surface area (Å²) >= 11 is 0. The van der Waals surface area contributed by atoms with Crippen LogP contribution in [0.1, 0.15) is 18.4 Å². The number of carbonyl (C=O) groups excluding carboxylic acids is 1. The van der Waals surface area contributed by atoms with Gasteiger partial charge in [0.2, 0.25) is 0 Å². The van der Waals surface area contributed by atoms with E-state index in [0.29, 0.717) is 11.7 Å². The van der Waals surface area contributed by atoms with E-state index >= 15 is 0 Å². The summed E-state index contributed by atoms with van der Waals surface area (Å²) in [5.74, 6) is 0.458. The van der Waals surface area contributed by atoms with Crippen molar-refractivity contribution in [3.63, 3.8) is 0 Å². The van der Waals surface area contributed by atoms with Gasteiger partial charge in [-0.25, -0.2) is 0 Å². The first-order valence-electron chi connectivity index (χ1n) is 10.4. The number of nitrogens with zero attached hydrogens (tertiary/aromatic N) is 2. The summed E-state index contributed by atoms with van der Waals surface area (Å²) in [7, 11) is 1.30. The van der Waals surface area contributed by atoms with Gasteiger partial charge in [-0.1, -0.05) is 48.5 Å². The van der Waals surface area contributed by atoms with E-state index in [4.69, 9.17) is 15.0 Å². The van der Waals surface area contributed by atoms with Crippen LogP contribution in [0.5, 0.6) is 0 Å². The Morgan fingerprint density at radius 2 is 1.77 bits per heavy atom. The third-order valence-electron chi connectivity index (χ3n) is 5.39. The molecule has 0 aliphatic rings. The monoisotopic (exact) mass is 421 g/mol. The SMILES string of the molecule is COC(=O)[C@@H](N)COCc1cc(CC(C)Cn2c3ccccc3c3ccccc32)no1. The summed E-state index contributed by atoms with van der Waals surface area (Å²) < 4.78 is 17.8. The number of hydrogen-bond donors (Lipinski definition) is 1. The van der Waals surface area contributed by atoms with Crippen LogP contribution < -0.4 is 5.73 Å². The molecule has 0 bridgehead atoms. The summed E-state index contributed by atoms with van der Waals surface area (Å²) in [6.45, 7) is 3.36.